The van der Waals surface area contributed by atoms with Crippen molar-refractivity contribution >= 4 is 17.6 Å². The molecule has 37 heavy (non-hydrogen) atoms. The van der Waals surface area contributed by atoms with Gasteiger partial charge in [-0.15, -0.1) is 0 Å². The van der Waals surface area contributed by atoms with Crippen molar-refractivity contribution in [2.24, 2.45) is 5.92 Å². The molecule has 4 N–H and O–H groups in total. The number of carboxylic acid groups (broad SMARTS) is 1. The lowest BCUT2D eigenvalue weighted by Crippen LogP contribution is -2.31. The van der Waals surface area contributed by atoms with Crippen molar-refractivity contribution in [3.05, 3.63) is 58.7 Å². The molecule has 0 bridgehead atoms. The molecule has 2 aromatic carbocycles. The van der Waals surface area contributed by atoms with Crippen LogP contribution in [0.5, 0.6) is 5.75 Å². The number of aliphatic hydroxyl groups is 1. The van der Waals surface area contributed by atoms with Gasteiger partial charge in [0.05, 0.1) is 18.2 Å². The van der Waals surface area contributed by atoms with Crippen molar-refractivity contribution in [1.82, 2.24) is 5.32 Å². The molecule has 194 valence electrons. The standard InChI is InChI=1S/C29H33N3O5/c30-17-18-8-9-19(4-3-7-26(33)34)24(14-18)32-28(36)23-16-29(23)12-13-37-25-11-10-20(15-22(25)29)27(35)31-21-5-1-2-6-21/h8-11,14-15,21,23,27,31,35H,1-7,12-13,16H2,(H,32,36)(H,33,34)/t23-,27?,29-/m0/s1. The first-order valence-corrected chi connectivity index (χ1v) is 13.2. The predicted octanol–water partition coefficient (Wildman–Crippen LogP) is 4.17. The average Bonchev–Trinajstić information content (AvgIpc) is 3.37. The second kappa shape index (κ2) is 10.5. The highest BCUT2D eigenvalue weighted by Gasteiger charge is 2.61. The second-order valence-electron chi connectivity index (χ2n) is 10.5. The molecule has 1 unspecified atom stereocenters. The number of aryl methyl sites for hydroxylation is 1. The summed E-state index contributed by atoms with van der Waals surface area (Å²) in [6.07, 6.45) is 6.14. The summed E-state index contributed by atoms with van der Waals surface area (Å²) in [6, 6.07) is 13.3. The van der Waals surface area contributed by atoms with E-state index in [4.69, 9.17) is 9.84 Å². The van der Waals surface area contributed by atoms with Crippen molar-refractivity contribution in [3.63, 3.8) is 0 Å². The number of carboxylic acids is 1. The van der Waals surface area contributed by atoms with E-state index in [1.165, 1.54) is 12.8 Å². The zero-order valence-electron chi connectivity index (χ0n) is 20.8. The maximum Gasteiger partial charge on any atom is 0.303 e. The Morgan fingerprint density at radius 3 is 2.76 bits per heavy atom. The number of aliphatic carboxylic acids is 1. The summed E-state index contributed by atoms with van der Waals surface area (Å²) in [7, 11) is 0. The van der Waals surface area contributed by atoms with Gasteiger partial charge in [-0.05, 0) is 73.9 Å². The van der Waals surface area contributed by atoms with E-state index >= 15 is 0 Å². The van der Waals surface area contributed by atoms with E-state index in [1.54, 1.807) is 18.2 Å². The van der Waals surface area contributed by atoms with Crippen LogP contribution in [0.25, 0.3) is 0 Å². The number of anilines is 1. The Balaban J connectivity index is 1.33. The van der Waals surface area contributed by atoms with Gasteiger partial charge in [0.25, 0.3) is 0 Å². The number of nitrogens with one attached hydrogen (secondary N) is 2. The first kappa shape index (κ1) is 25.2. The van der Waals surface area contributed by atoms with Crippen LogP contribution >= 0.6 is 0 Å². The van der Waals surface area contributed by atoms with Gasteiger partial charge in [-0.1, -0.05) is 25.0 Å². The molecule has 1 aliphatic heterocycles. The predicted molar refractivity (Wildman–Crippen MR) is 137 cm³/mol. The van der Waals surface area contributed by atoms with Gasteiger partial charge < -0.3 is 20.3 Å². The molecule has 2 aliphatic carbocycles. The third-order valence-electron chi connectivity index (χ3n) is 8.14. The first-order valence-electron chi connectivity index (χ1n) is 13.2. The van der Waals surface area contributed by atoms with E-state index < -0.39 is 12.2 Å². The van der Waals surface area contributed by atoms with Crippen LogP contribution in [0, 0.1) is 17.2 Å². The second-order valence-corrected chi connectivity index (χ2v) is 10.5. The zero-order chi connectivity index (χ0) is 26.0. The van der Waals surface area contributed by atoms with Crippen LogP contribution < -0.4 is 15.4 Å². The number of carbonyl (C=O) groups is 2. The van der Waals surface area contributed by atoms with Crippen molar-refractivity contribution in [2.45, 2.75) is 75.5 Å². The number of nitrogens with zero attached hydrogens (tertiary/aromatic N) is 1. The highest BCUT2D eigenvalue weighted by molar-refractivity contribution is 5.97. The van der Waals surface area contributed by atoms with E-state index in [9.17, 15) is 20.0 Å². The number of benzene rings is 2. The quantitative estimate of drug-likeness (QED) is 0.378. The minimum atomic E-state index is -0.861. The van der Waals surface area contributed by atoms with Gasteiger partial charge in [-0.25, -0.2) is 0 Å². The number of carbonyl (C=O) groups excluding carboxylic acids is 1. The Bertz CT molecular complexity index is 1230. The van der Waals surface area contributed by atoms with Gasteiger partial charge in [-0.3, -0.25) is 14.9 Å². The maximum atomic E-state index is 13.5. The minimum Gasteiger partial charge on any atom is -0.493 e. The fourth-order valence-corrected chi connectivity index (χ4v) is 5.98. The molecule has 1 heterocycles. The lowest BCUT2D eigenvalue weighted by atomic mass is 9.86. The van der Waals surface area contributed by atoms with Crippen molar-refractivity contribution in [2.75, 3.05) is 11.9 Å². The SMILES string of the molecule is N#Cc1ccc(CCCC(=O)O)c(NC(=O)[C@@H]2C[C@]23CCOc2ccc(C(O)NC4CCCC4)cc23)c1. The molecular formula is C29H33N3O5. The lowest BCUT2D eigenvalue weighted by Gasteiger charge is -2.28. The number of fused-ring (bicyclic) bond motifs is 2. The van der Waals surface area contributed by atoms with Gasteiger partial charge >= 0.3 is 5.97 Å². The maximum absolute atomic E-state index is 13.5. The summed E-state index contributed by atoms with van der Waals surface area (Å²) >= 11 is 0. The Labute approximate surface area is 216 Å². The highest BCUT2D eigenvalue weighted by Crippen LogP contribution is 2.61. The van der Waals surface area contributed by atoms with Gasteiger partial charge in [0.1, 0.15) is 12.0 Å². The summed E-state index contributed by atoms with van der Waals surface area (Å²) < 4.78 is 5.91. The fourth-order valence-electron chi connectivity index (χ4n) is 5.98. The number of hydrogen-bond donors (Lipinski definition) is 4. The van der Waals surface area contributed by atoms with E-state index in [0.717, 1.165) is 41.7 Å². The molecule has 8 heteroatoms. The van der Waals surface area contributed by atoms with Crippen LogP contribution in [-0.2, 0) is 21.4 Å². The molecule has 8 nitrogen and oxygen atoms in total. The van der Waals surface area contributed by atoms with Gasteiger partial charge in [-0.2, -0.15) is 5.26 Å². The molecule has 2 saturated carbocycles. The van der Waals surface area contributed by atoms with Crippen LogP contribution in [0.4, 0.5) is 5.69 Å². The summed E-state index contributed by atoms with van der Waals surface area (Å²) in [5.41, 5.74) is 3.23. The third-order valence-corrected chi connectivity index (χ3v) is 8.14. The van der Waals surface area contributed by atoms with Gasteiger partial charge in [0.15, 0.2) is 0 Å². The highest BCUT2D eigenvalue weighted by atomic mass is 16.5. The Hall–Kier alpha value is -3.41. The Morgan fingerprint density at radius 1 is 1.19 bits per heavy atom. The van der Waals surface area contributed by atoms with E-state index in [0.29, 0.717) is 43.2 Å². The topological polar surface area (TPSA) is 132 Å². The largest absolute Gasteiger partial charge is 0.493 e. The first-order chi connectivity index (χ1) is 17.9. The minimum absolute atomic E-state index is 0.0414. The Kier molecular flexibility index (Phi) is 7.18. The molecule has 1 amide bonds. The summed E-state index contributed by atoms with van der Waals surface area (Å²) in [4.78, 5) is 24.4. The van der Waals surface area contributed by atoms with Crippen molar-refractivity contribution in [3.8, 4) is 11.8 Å². The van der Waals surface area contributed by atoms with Gasteiger partial charge in [0, 0.05) is 35.0 Å². The Morgan fingerprint density at radius 2 is 2.00 bits per heavy atom. The fraction of sp³-hybridized carbons (Fsp3) is 0.483. The molecule has 0 saturated heterocycles. The zero-order valence-corrected chi connectivity index (χ0v) is 20.8. The van der Waals surface area contributed by atoms with Crippen LogP contribution in [-0.4, -0.2) is 34.7 Å². The van der Waals surface area contributed by atoms with E-state index in [-0.39, 0.29) is 23.7 Å². The van der Waals surface area contributed by atoms with Crippen LogP contribution in [0.1, 0.15) is 79.8 Å². The molecule has 3 atom stereocenters. The molecule has 0 aromatic heterocycles. The van der Waals surface area contributed by atoms with E-state index in [1.807, 2.05) is 18.2 Å². The summed E-state index contributed by atoms with van der Waals surface area (Å²) in [5.74, 6) is -0.458. The molecule has 2 fully saturated rings. The summed E-state index contributed by atoms with van der Waals surface area (Å²) in [5, 5.41) is 35.5. The number of hydrogen-bond acceptors (Lipinski definition) is 6. The van der Waals surface area contributed by atoms with Crippen molar-refractivity contribution < 1.29 is 24.5 Å². The van der Waals surface area contributed by atoms with Crippen molar-refractivity contribution in [1.29, 1.82) is 5.26 Å². The van der Waals surface area contributed by atoms with Crippen LogP contribution in [0.3, 0.4) is 0 Å². The van der Waals surface area contributed by atoms with Crippen LogP contribution in [0.2, 0.25) is 0 Å². The smallest absolute Gasteiger partial charge is 0.303 e. The van der Waals surface area contributed by atoms with Crippen LogP contribution in [0.15, 0.2) is 36.4 Å². The number of aliphatic hydroxyl groups excluding tert-OH is 1. The number of ether oxygens (including phenoxy) is 1. The number of nitriles is 1. The molecule has 2 aromatic rings. The monoisotopic (exact) mass is 503 g/mol. The molecular weight excluding hydrogens is 470 g/mol. The van der Waals surface area contributed by atoms with Gasteiger partial charge in [0.2, 0.25) is 5.91 Å². The summed E-state index contributed by atoms with van der Waals surface area (Å²) in [6.45, 7) is 0.531. The molecule has 3 aliphatic rings. The molecule has 1 spiro atoms. The number of amides is 1. The number of rotatable bonds is 9. The normalized spacial score (nSPS) is 23.1. The van der Waals surface area contributed by atoms with E-state index in [2.05, 4.69) is 16.7 Å². The third kappa shape index (κ3) is 5.34. The molecule has 0 radical (unpaired) electrons. The lowest BCUT2D eigenvalue weighted by molar-refractivity contribution is -0.137. The molecule has 5 rings (SSSR count). The average molecular weight is 504 g/mol.